The fraction of sp³-hybridized carbons (Fsp3) is 0.0667. The first-order valence-electron chi connectivity index (χ1n) is 6.01. The van der Waals surface area contributed by atoms with Gasteiger partial charge in [0.25, 0.3) is 0 Å². The molecule has 0 unspecified atom stereocenters. The van der Waals surface area contributed by atoms with E-state index in [0.29, 0.717) is 22.9 Å². The molecular weight excluding hydrogens is 274 g/mol. The number of imidazole rings is 1. The van der Waals surface area contributed by atoms with Crippen LogP contribution in [0.2, 0.25) is 5.02 Å². The van der Waals surface area contributed by atoms with Crippen LogP contribution >= 0.6 is 11.6 Å². The molecule has 0 bridgehead atoms. The molecule has 0 atom stereocenters. The zero-order chi connectivity index (χ0) is 13.9. The van der Waals surface area contributed by atoms with Gasteiger partial charge in [-0.15, -0.1) is 0 Å². The average Bonchev–Trinajstić information content (AvgIpc) is 2.88. The minimum absolute atomic E-state index is 0.327. The summed E-state index contributed by atoms with van der Waals surface area (Å²) in [4.78, 5) is 4.43. The smallest absolute Gasteiger partial charge is 0.138 e. The largest absolute Gasteiger partial charge is 0.486 e. The third-order valence-electron chi connectivity index (χ3n) is 2.85. The van der Waals surface area contributed by atoms with Crippen LogP contribution in [0, 0.1) is 11.3 Å². The van der Waals surface area contributed by atoms with Gasteiger partial charge in [-0.1, -0.05) is 17.7 Å². The first-order valence-corrected chi connectivity index (χ1v) is 6.39. The van der Waals surface area contributed by atoms with E-state index in [1.807, 2.05) is 41.1 Å². The van der Waals surface area contributed by atoms with Crippen LogP contribution in [0.3, 0.4) is 0 Å². The third-order valence-corrected chi connectivity index (χ3v) is 3.15. The maximum absolute atomic E-state index is 8.78. The molecule has 0 fully saturated rings. The summed E-state index contributed by atoms with van der Waals surface area (Å²) in [5.74, 6) is 0.544. The van der Waals surface area contributed by atoms with E-state index < -0.39 is 0 Å². The van der Waals surface area contributed by atoms with Crippen molar-refractivity contribution in [1.29, 1.82) is 5.26 Å². The van der Waals surface area contributed by atoms with Crippen molar-refractivity contribution in [2.45, 2.75) is 6.61 Å². The van der Waals surface area contributed by atoms with Gasteiger partial charge in [0, 0.05) is 12.4 Å². The van der Waals surface area contributed by atoms with Crippen molar-refractivity contribution in [1.82, 2.24) is 9.38 Å². The highest BCUT2D eigenvalue weighted by molar-refractivity contribution is 6.32. The lowest BCUT2D eigenvalue weighted by Gasteiger charge is -2.06. The second-order valence-electron chi connectivity index (χ2n) is 4.24. The number of rotatable bonds is 3. The monoisotopic (exact) mass is 283 g/mol. The van der Waals surface area contributed by atoms with Crippen LogP contribution < -0.4 is 4.74 Å². The summed E-state index contributed by atoms with van der Waals surface area (Å²) in [6, 6.07) is 12.8. The molecule has 0 saturated carbocycles. The van der Waals surface area contributed by atoms with Crippen molar-refractivity contribution in [3.8, 4) is 11.8 Å². The van der Waals surface area contributed by atoms with E-state index in [-0.39, 0.29) is 0 Å². The molecule has 20 heavy (non-hydrogen) atoms. The van der Waals surface area contributed by atoms with Crippen LogP contribution in [-0.4, -0.2) is 9.38 Å². The minimum atomic E-state index is 0.327. The SMILES string of the molecule is N#Cc1ccc(OCc2cn3ccccc3n2)c(Cl)c1. The predicted molar refractivity (Wildman–Crippen MR) is 75.7 cm³/mol. The molecule has 0 aliphatic rings. The summed E-state index contributed by atoms with van der Waals surface area (Å²) in [5.41, 5.74) is 2.20. The van der Waals surface area contributed by atoms with Gasteiger partial charge in [-0.25, -0.2) is 4.98 Å². The van der Waals surface area contributed by atoms with Gasteiger partial charge < -0.3 is 9.14 Å². The highest BCUT2D eigenvalue weighted by atomic mass is 35.5. The molecule has 0 amide bonds. The molecule has 0 aliphatic carbocycles. The Kier molecular flexibility index (Phi) is 3.28. The molecule has 3 aromatic rings. The number of ether oxygens (including phenoxy) is 1. The topological polar surface area (TPSA) is 50.3 Å². The van der Waals surface area contributed by atoms with E-state index in [2.05, 4.69) is 4.98 Å². The number of fused-ring (bicyclic) bond motifs is 1. The lowest BCUT2D eigenvalue weighted by Crippen LogP contribution is -1.96. The minimum Gasteiger partial charge on any atom is -0.486 e. The molecular formula is C15H10ClN3O. The maximum atomic E-state index is 8.78. The molecule has 2 aromatic heterocycles. The molecule has 3 rings (SSSR count). The normalized spacial score (nSPS) is 10.4. The van der Waals surface area contributed by atoms with Crippen LogP contribution in [0.5, 0.6) is 5.75 Å². The Hall–Kier alpha value is -2.51. The Labute approximate surface area is 120 Å². The van der Waals surface area contributed by atoms with Gasteiger partial charge >= 0.3 is 0 Å². The predicted octanol–water partition coefficient (Wildman–Crippen LogP) is 3.44. The number of hydrogen-bond donors (Lipinski definition) is 0. The summed E-state index contributed by atoms with van der Waals surface area (Å²) >= 11 is 6.05. The van der Waals surface area contributed by atoms with E-state index in [9.17, 15) is 0 Å². The van der Waals surface area contributed by atoms with Gasteiger partial charge in [0.1, 0.15) is 18.0 Å². The molecule has 0 radical (unpaired) electrons. The number of benzene rings is 1. The first-order chi connectivity index (χ1) is 9.76. The fourth-order valence-corrected chi connectivity index (χ4v) is 2.13. The summed E-state index contributed by atoms with van der Waals surface area (Å²) in [5, 5.41) is 9.20. The van der Waals surface area contributed by atoms with Crippen molar-refractivity contribution in [3.63, 3.8) is 0 Å². The van der Waals surface area contributed by atoms with Gasteiger partial charge in [0.05, 0.1) is 22.3 Å². The molecule has 0 spiro atoms. The quantitative estimate of drug-likeness (QED) is 0.740. The van der Waals surface area contributed by atoms with Crippen molar-refractivity contribution in [2.75, 3.05) is 0 Å². The average molecular weight is 284 g/mol. The van der Waals surface area contributed by atoms with Crippen molar-refractivity contribution in [2.24, 2.45) is 0 Å². The second-order valence-corrected chi connectivity index (χ2v) is 4.65. The van der Waals surface area contributed by atoms with Crippen LogP contribution in [0.15, 0.2) is 48.8 Å². The Balaban J connectivity index is 1.77. The van der Waals surface area contributed by atoms with Crippen LogP contribution in [0.25, 0.3) is 5.65 Å². The highest BCUT2D eigenvalue weighted by Gasteiger charge is 2.05. The van der Waals surface area contributed by atoms with Crippen LogP contribution in [-0.2, 0) is 6.61 Å². The van der Waals surface area contributed by atoms with E-state index in [1.54, 1.807) is 18.2 Å². The van der Waals surface area contributed by atoms with Crippen molar-refractivity contribution >= 4 is 17.2 Å². The van der Waals surface area contributed by atoms with Gasteiger partial charge in [-0.05, 0) is 30.3 Å². The van der Waals surface area contributed by atoms with Gasteiger partial charge in [0.2, 0.25) is 0 Å². The summed E-state index contributed by atoms with van der Waals surface area (Å²) < 4.78 is 7.56. The Morgan fingerprint density at radius 3 is 2.95 bits per heavy atom. The zero-order valence-corrected chi connectivity index (χ0v) is 11.2. The molecule has 4 nitrogen and oxygen atoms in total. The number of pyridine rings is 1. The molecule has 0 N–H and O–H groups in total. The Morgan fingerprint density at radius 2 is 2.20 bits per heavy atom. The number of nitriles is 1. The standard InChI is InChI=1S/C15H10ClN3O/c16-13-7-11(8-17)4-5-14(13)20-10-12-9-19-6-2-1-3-15(19)18-12/h1-7,9H,10H2. The lowest BCUT2D eigenvalue weighted by molar-refractivity contribution is 0.302. The van der Waals surface area contributed by atoms with E-state index >= 15 is 0 Å². The number of nitrogens with zero attached hydrogens (tertiary/aromatic N) is 3. The lowest BCUT2D eigenvalue weighted by atomic mass is 10.2. The summed E-state index contributed by atoms with van der Waals surface area (Å²) in [6.07, 6.45) is 3.84. The molecule has 0 aliphatic heterocycles. The van der Waals surface area contributed by atoms with Crippen molar-refractivity contribution in [3.05, 3.63) is 65.1 Å². The van der Waals surface area contributed by atoms with Gasteiger partial charge in [0.15, 0.2) is 0 Å². The molecule has 2 heterocycles. The number of halogens is 1. The van der Waals surface area contributed by atoms with Crippen molar-refractivity contribution < 1.29 is 4.74 Å². The number of hydrogen-bond acceptors (Lipinski definition) is 3. The number of aromatic nitrogens is 2. The summed E-state index contributed by atoms with van der Waals surface area (Å²) in [6.45, 7) is 0.327. The molecule has 5 heteroatoms. The zero-order valence-electron chi connectivity index (χ0n) is 10.5. The highest BCUT2D eigenvalue weighted by Crippen LogP contribution is 2.26. The van der Waals surface area contributed by atoms with Crippen LogP contribution in [0.1, 0.15) is 11.3 Å². The van der Waals surface area contributed by atoms with E-state index in [4.69, 9.17) is 21.6 Å². The molecule has 1 aromatic carbocycles. The molecule has 0 saturated heterocycles. The molecule has 98 valence electrons. The Morgan fingerprint density at radius 1 is 1.30 bits per heavy atom. The maximum Gasteiger partial charge on any atom is 0.138 e. The van der Waals surface area contributed by atoms with E-state index in [0.717, 1.165) is 11.3 Å². The fourth-order valence-electron chi connectivity index (χ4n) is 1.90. The Bertz CT molecular complexity index is 771. The van der Waals surface area contributed by atoms with Gasteiger partial charge in [-0.2, -0.15) is 5.26 Å². The van der Waals surface area contributed by atoms with Gasteiger partial charge in [-0.3, -0.25) is 0 Å². The summed E-state index contributed by atoms with van der Waals surface area (Å²) in [7, 11) is 0. The van der Waals surface area contributed by atoms with Crippen LogP contribution in [0.4, 0.5) is 0 Å². The van der Waals surface area contributed by atoms with E-state index in [1.165, 1.54) is 0 Å². The third kappa shape index (κ3) is 2.44. The first kappa shape index (κ1) is 12.5. The second kappa shape index (κ2) is 5.24.